The number of piperazine rings is 1. The summed E-state index contributed by atoms with van der Waals surface area (Å²) in [6, 6.07) is 6.96. The van der Waals surface area contributed by atoms with Crippen LogP contribution in [0.1, 0.15) is 24.1 Å². The molecular formula is C20H28N4O3. The summed E-state index contributed by atoms with van der Waals surface area (Å²) in [5, 5.41) is 5.73. The van der Waals surface area contributed by atoms with E-state index >= 15 is 0 Å². The van der Waals surface area contributed by atoms with E-state index in [2.05, 4.69) is 27.4 Å². The maximum absolute atomic E-state index is 12.6. The van der Waals surface area contributed by atoms with Crippen molar-refractivity contribution in [3.8, 4) is 0 Å². The maximum Gasteiger partial charge on any atom is 0.338 e. The smallest absolute Gasteiger partial charge is 0.338 e. The van der Waals surface area contributed by atoms with E-state index in [0.29, 0.717) is 17.8 Å². The summed E-state index contributed by atoms with van der Waals surface area (Å²) in [6.07, 6.45) is 0. The molecule has 0 saturated carbocycles. The zero-order chi connectivity index (χ0) is 19.4. The van der Waals surface area contributed by atoms with E-state index in [1.165, 1.54) is 7.11 Å². The number of nitrogens with one attached hydrogen (secondary N) is 2. The fourth-order valence-electron chi connectivity index (χ4n) is 3.72. The van der Waals surface area contributed by atoms with Crippen LogP contribution in [0.3, 0.4) is 0 Å². The lowest BCUT2D eigenvalue weighted by atomic mass is 9.92. The van der Waals surface area contributed by atoms with Crippen molar-refractivity contribution >= 4 is 12.0 Å². The van der Waals surface area contributed by atoms with Crippen LogP contribution in [0.2, 0.25) is 0 Å². The van der Waals surface area contributed by atoms with Gasteiger partial charge in [0.2, 0.25) is 0 Å². The lowest BCUT2D eigenvalue weighted by molar-refractivity contribution is -0.136. The molecule has 2 aliphatic rings. The predicted molar refractivity (Wildman–Crippen MR) is 103 cm³/mol. The standard InChI is InChI=1S/C20H28N4O3/c1-4-23-9-11-24(12-10-23)13-16-17(19(25)27-3)18(22-20(26)21-16)15-8-6-5-7-14(15)2/h5-8,18H,4,9-13H2,1-3H3,(H2,21,22,26)/t18-/m1/s1. The zero-order valence-electron chi connectivity index (χ0n) is 16.2. The van der Waals surface area contributed by atoms with E-state index in [4.69, 9.17) is 4.74 Å². The largest absolute Gasteiger partial charge is 0.466 e. The zero-order valence-corrected chi connectivity index (χ0v) is 16.2. The topological polar surface area (TPSA) is 73.9 Å². The van der Waals surface area contributed by atoms with E-state index in [-0.39, 0.29) is 6.03 Å². The number of likely N-dealkylation sites (N-methyl/N-ethyl adjacent to an activating group) is 1. The van der Waals surface area contributed by atoms with Gasteiger partial charge in [-0.2, -0.15) is 0 Å². The Bertz CT molecular complexity index is 738. The number of rotatable bonds is 5. The third-order valence-electron chi connectivity index (χ3n) is 5.35. The maximum atomic E-state index is 12.6. The molecule has 0 unspecified atom stereocenters. The van der Waals surface area contributed by atoms with Gasteiger partial charge in [-0.1, -0.05) is 31.2 Å². The highest BCUT2D eigenvalue weighted by Crippen LogP contribution is 2.30. The molecule has 1 saturated heterocycles. The molecule has 7 nitrogen and oxygen atoms in total. The van der Waals surface area contributed by atoms with Gasteiger partial charge in [0.05, 0.1) is 18.7 Å². The van der Waals surface area contributed by atoms with E-state index < -0.39 is 12.0 Å². The molecule has 0 aliphatic carbocycles. The SMILES string of the molecule is CCN1CCN(CC2=C(C(=O)OC)[C@@H](c3ccccc3C)NC(=O)N2)CC1. The van der Waals surface area contributed by atoms with Crippen molar-refractivity contribution in [2.75, 3.05) is 46.4 Å². The molecule has 2 aliphatic heterocycles. The summed E-state index contributed by atoms with van der Waals surface area (Å²) in [5.41, 5.74) is 3.02. The number of carbonyl (C=O) groups excluding carboxylic acids is 2. The fraction of sp³-hybridized carbons (Fsp3) is 0.500. The summed E-state index contributed by atoms with van der Waals surface area (Å²) in [4.78, 5) is 29.6. The summed E-state index contributed by atoms with van der Waals surface area (Å²) in [7, 11) is 1.37. The lowest BCUT2D eigenvalue weighted by Crippen LogP contribution is -2.51. The number of hydrogen-bond acceptors (Lipinski definition) is 5. The molecule has 0 aromatic heterocycles. The number of amides is 2. The Balaban J connectivity index is 1.92. The number of ether oxygens (including phenoxy) is 1. The van der Waals surface area contributed by atoms with Gasteiger partial charge in [-0.25, -0.2) is 9.59 Å². The van der Waals surface area contributed by atoms with Crippen LogP contribution in [0.5, 0.6) is 0 Å². The van der Waals surface area contributed by atoms with Crippen molar-refractivity contribution in [2.24, 2.45) is 0 Å². The van der Waals surface area contributed by atoms with Gasteiger partial charge >= 0.3 is 12.0 Å². The average Bonchev–Trinajstić information content (AvgIpc) is 2.68. The van der Waals surface area contributed by atoms with Crippen LogP contribution in [-0.4, -0.2) is 68.2 Å². The van der Waals surface area contributed by atoms with Gasteiger partial charge in [0.1, 0.15) is 0 Å². The van der Waals surface area contributed by atoms with Crippen molar-refractivity contribution in [3.63, 3.8) is 0 Å². The second kappa shape index (κ2) is 8.54. The molecule has 1 atom stereocenters. The molecule has 2 N–H and O–H groups in total. The Kier molecular flexibility index (Phi) is 6.13. The van der Waals surface area contributed by atoms with Crippen LogP contribution in [0.15, 0.2) is 35.5 Å². The highest BCUT2D eigenvalue weighted by Gasteiger charge is 2.34. The third kappa shape index (κ3) is 4.31. The van der Waals surface area contributed by atoms with Crippen LogP contribution < -0.4 is 10.6 Å². The number of methoxy groups -OCH3 is 1. The second-order valence-electron chi connectivity index (χ2n) is 6.98. The molecule has 1 fully saturated rings. The van der Waals surface area contributed by atoms with Crippen molar-refractivity contribution in [1.29, 1.82) is 0 Å². The number of carbonyl (C=O) groups is 2. The van der Waals surface area contributed by atoms with E-state index in [0.717, 1.165) is 43.9 Å². The van der Waals surface area contributed by atoms with E-state index in [1.807, 2.05) is 31.2 Å². The first-order valence-electron chi connectivity index (χ1n) is 9.42. The normalized spacial score (nSPS) is 21.6. The van der Waals surface area contributed by atoms with Gasteiger partial charge in [0, 0.05) is 38.4 Å². The summed E-state index contributed by atoms with van der Waals surface area (Å²) >= 11 is 0. The van der Waals surface area contributed by atoms with Crippen LogP contribution in [-0.2, 0) is 9.53 Å². The second-order valence-corrected chi connectivity index (χ2v) is 6.98. The predicted octanol–water partition coefficient (Wildman–Crippen LogP) is 1.41. The quantitative estimate of drug-likeness (QED) is 0.765. The molecule has 1 aromatic carbocycles. The number of esters is 1. The minimum absolute atomic E-state index is 0.293. The highest BCUT2D eigenvalue weighted by molar-refractivity contribution is 5.95. The Morgan fingerprint density at radius 1 is 1.19 bits per heavy atom. The molecule has 0 bridgehead atoms. The van der Waals surface area contributed by atoms with Crippen molar-refractivity contribution in [3.05, 3.63) is 46.7 Å². The van der Waals surface area contributed by atoms with Crippen LogP contribution in [0, 0.1) is 6.92 Å². The van der Waals surface area contributed by atoms with Crippen molar-refractivity contribution < 1.29 is 14.3 Å². The van der Waals surface area contributed by atoms with Gasteiger partial charge in [-0.15, -0.1) is 0 Å². The first-order valence-corrected chi connectivity index (χ1v) is 9.42. The molecule has 3 rings (SSSR count). The molecule has 1 aromatic rings. The molecule has 2 amide bonds. The Labute approximate surface area is 160 Å². The van der Waals surface area contributed by atoms with Gasteiger partial charge in [-0.05, 0) is 24.6 Å². The highest BCUT2D eigenvalue weighted by atomic mass is 16.5. The molecule has 146 valence electrons. The van der Waals surface area contributed by atoms with E-state index in [1.54, 1.807) is 0 Å². The van der Waals surface area contributed by atoms with Crippen LogP contribution >= 0.6 is 0 Å². The monoisotopic (exact) mass is 372 g/mol. The third-order valence-corrected chi connectivity index (χ3v) is 5.35. The number of hydrogen-bond donors (Lipinski definition) is 2. The molecule has 0 radical (unpaired) electrons. The van der Waals surface area contributed by atoms with Crippen molar-refractivity contribution in [1.82, 2.24) is 20.4 Å². The molecule has 7 heteroatoms. The Morgan fingerprint density at radius 3 is 2.48 bits per heavy atom. The Morgan fingerprint density at radius 2 is 1.85 bits per heavy atom. The lowest BCUT2D eigenvalue weighted by Gasteiger charge is -2.36. The fourth-order valence-corrected chi connectivity index (χ4v) is 3.72. The van der Waals surface area contributed by atoms with Gasteiger partial charge in [0.15, 0.2) is 0 Å². The average molecular weight is 372 g/mol. The van der Waals surface area contributed by atoms with Crippen LogP contribution in [0.4, 0.5) is 4.79 Å². The first kappa shape index (κ1) is 19.4. The minimum atomic E-state index is -0.515. The molecular weight excluding hydrogens is 344 g/mol. The first-order chi connectivity index (χ1) is 13.0. The Hall–Kier alpha value is -2.38. The number of urea groups is 1. The molecule has 2 heterocycles. The summed E-state index contributed by atoms with van der Waals surface area (Å²) in [6.45, 7) is 9.50. The summed E-state index contributed by atoms with van der Waals surface area (Å²) < 4.78 is 5.06. The van der Waals surface area contributed by atoms with E-state index in [9.17, 15) is 9.59 Å². The summed E-state index contributed by atoms with van der Waals surface area (Å²) in [5.74, 6) is -0.419. The molecule has 0 spiro atoms. The molecule has 27 heavy (non-hydrogen) atoms. The van der Waals surface area contributed by atoms with Gasteiger partial charge < -0.3 is 20.3 Å². The number of benzene rings is 1. The minimum Gasteiger partial charge on any atom is -0.466 e. The number of aryl methyl sites for hydroxylation is 1. The number of nitrogens with zero attached hydrogens (tertiary/aromatic N) is 2. The van der Waals surface area contributed by atoms with Crippen molar-refractivity contribution in [2.45, 2.75) is 19.9 Å². The van der Waals surface area contributed by atoms with Gasteiger partial charge in [-0.3, -0.25) is 4.90 Å². The van der Waals surface area contributed by atoms with Crippen LogP contribution in [0.25, 0.3) is 0 Å². The van der Waals surface area contributed by atoms with Gasteiger partial charge in [0.25, 0.3) is 0 Å².